The fourth-order valence-electron chi connectivity index (χ4n) is 0.555. The van der Waals surface area contributed by atoms with E-state index in [1.807, 2.05) is 0 Å². The van der Waals surface area contributed by atoms with Gasteiger partial charge in [-0.05, 0) is 0 Å². The van der Waals surface area contributed by atoms with E-state index in [4.69, 9.17) is 16.3 Å². The molecule has 0 spiro atoms. The molecule has 0 rings (SSSR count). The first kappa shape index (κ1) is 11.2. The zero-order valence-electron chi connectivity index (χ0n) is 7.00. The molecule has 4 nitrogen and oxygen atoms in total. The largest absolute Gasteiger partial charge is 0.462 e. The van der Waals surface area contributed by atoms with Crippen LogP contribution in [0.5, 0.6) is 0 Å². The molecule has 0 aliphatic carbocycles. The van der Waals surface area contributed by atoms with Crippen molar-refractivity contribution in [3.8, 4) is 0 Å². The van der Waals surface area contributed by atoms with Crippen LogP contribution in [0.15, 0.2) is 0 Å². The smallest absolute Gasteiger partial charge is 0.303 e. The van der Waals surface area contributed by atoms with Gasteiger partial charge in [-0.15, -0.1) is 11.6 Å². The Hall–Kier alpha value is -0.770. The van der Waals surface area contributed by atoms with Crippen LogP contribution in [0.2, 0.25) is 0 Å². The molecule has 0 aromatic heterocycles. The fourth-order valence-corrected chi connectivity index (χ4v) is 0.707. The molecule has 0 aromatic carbocycles. The van der Waals surface area contributed by atoms with E-state index in [0.717, 1.165) is 0 Å². The van der Waals surface area contributed by atoms with Crippen molar-refractivity contribution >= 4 is 23.5 Å². The highest BCUT2D eigenvalue weighted by molar-refractivity contribution is 6.18. The van der Waals surface area contributed by atoms with Crippen molar-refractivity contribution in [2.45, 2.75) is 20.0 Å². The lowest BCUT2D eigenvalue weighted by atomic mass is 10.4. The van der Waals surface area contributed by atoms with Gasteiger partial charge in [0.1, 0.15) is 12.7 Å². The van der Waals surface area contributed by atoms with Gasteiger partial charge in [-0.25, -0.2) is 0 Å². The lowest BCUT2D eigenvalue weighted by molar-refractivity contribution is -0.154. The number of rotatable bonds is 4. The molecule has 0 aliphatic heterocycles. The van der Waals surface area contributed by atoms with Crippen LogP contribution in [0, 0.1) is 0 Å². The van der Waals surface area contributed by atoms with E-state index in [1.54, 1.807) is 0 Å². The van der Waals surface area contributed by atoms with E-state index < -0.39 is 18.0 Å². The Morgan fingerprint density at radius 3 is 2.25 bits per heavy atom. The van der Waals surface area contributed by atoms with Gasteiger partial charge in [0, 0.05) is 13.8 Å². The first-order valence-corrected chi connectivity index (χ1v) is 3.96. The molecule has 0 heterocycles. The Bertz CT molecular complexity index is 169. The van der Waals surface area contributed by atoms with Crippen LogP contribution in [-0.4, -0.2) is 30.5 Å². The van der Waals surface area contributed by atoms with Gasteiger partial charge in [-0.1, -0.05) is 0 Å². The van der Waals surface area contributed by atoms with Crippen LogP contribution in [0.1, 0.15) is 13.8 Å². The van der Waals surface area contributed by atoms with E-state index in [1.165, 1.54) is 13.8 Å². The number of carbonyl (C=O) groups is 2. The second-order valence-electron chi connectivity index (χ2n) is 2.19. The van der Waals surface area contributed by atoms with Gasteiger partial charge < -0.3 is 9.47 Å². The van der Waals surface area contributed by atoms with E-state index >= 15 is 0 Å². The minimum Gasteiger partial charge on any atom is -0.462 e. The summed E-state index contributed by atoms with van der Waals surface area (Å²) in [5.41, 5.74) is 0. The predicted molar refractivity (Wildman–Crippen MR) is 42.9 cm³/mol. The van der Waals surface area contributed by atoms with E-state index in [0.29, 0.717) is 0 Å². The summed E-state index contributed by atoms with van der Waals surface area (Å²) >= 11 is 5.43. The second-order valence-corrected chi connectivity index (χ2v) is 2.50. The highest BCUT2D eigenvalue weighted by Crippen LogP contribution is 1.97. The third kappa shape index (κ3) is 5.97. The van der Waals surface area contributed by atoms with Gasteiger partial charge in [-0.3, -0.25) is 9.59 Å². The molecule has 0 saturated carbocycles. The lowest BCUT2D eigenvalue weighted by Crippen LogP contribution is -2.25. The molecular weight excluding hydrogens is 184 g/mol. The van der Waals surface area contributed by atoms with Crippen molar-refractivity contribution < 1.29 is 19.1 Å². The predicted octanol–water partition coefficient (Wildman–Crippen LogP) is 0.720. The molecule has 0 saturated heterocycles. The molecular formula is C7H11ClO4. The zero-order chi connectivity index (χ0) is 9.56. The molecule has 0 radical (unpaired) electrons. The van der Waals surface area contributed by atoms with Gasteiger partial charge >= 0.3 is 11.9 Å². The Balaban J connectivity index is 3.67. The average Bonchev–Trinajstić information content (AvgIpc) is 1.97. The second kappa shape index (κ2) is 5.83. The summed E-state index contributed by atoms with van der Waals surface area (Å²) in [5.74, 6) is -0.738. The first-order valence-electron chi connectivity index (χ1n) is 3.42. The normalized spacial score (nSPS) is 11.9. The molecule has 0 aliphatic rings. The van der Waals surface area contributed by atoms with Crippen molar-refractivity contribution in [3.05, 3.63) is 0 Å². The summed E-state index contributed by atoms with van der Waals surface area (Å²) in [7, 11) is 0. The van der Waals surface area contributed by atoms with Crippen LogP contribution in [-0.2, 0) is 19.1 Å². The first-order chi connectivity index (χ1) is 5.56. The van der Waals surface area contributed by atoms with Crippen molar-refractivity contribution in [1.29, 1.82) is 0 Å². The number of hydrogen-bond donors (Lipinski definition) is 0. The number of hydrogen-bond acceptors (Lipinski definition) is 4. The van der Waals surface area contributed by atoms with Crippen LogP contribution in [0.4, 0.5) is 0 Å². The standard InChI is InChI=1S/C7H11ClO4/c1-5(9)11-4-7(3-8)12-6(2)10/h7H,3-4H2,1-2H3/t7-/m1/s1. The number of ether oxygens (including phenoxy) is 2. The summed E-state index contributed by atoms with van der Waals surface area (Å²) in [6.45, 7) is 2.56. The highest BCUT2D eigenvalue weighted by Gasteiger charge is 2.11. The summed E-state index contributed by atoms with van der Waals surface area (Å²) in [6, 6.07) is 0. The Labute approximate surface area is 75.8 Å². The molecule has 12 heavy (non-hydrogen) atoms. The average molecular weight is 195 g/mol. The molecule has 0 unspecified atom stereocenters. The van der Waals surface area contributed by atoms with Gasteiger partial charge in [0.2, 0.25) is 0 Å². The van der Waals surface area contributed by atoms with Gasteiger partial charge in [0.25, 0.3) is 0 Å². The van der Waals surface area contributed by atoms with Crippen molar-refractivity contribution in [2.24, 2.45) is 0 Å². The maximum atomic E-state index is 10.4. The summed E-state index contributed by atoms with van der Waals surface area (Å²) < 4.78 is 9.30. The minimum absolute atomic E-state index is 0.0123. The Morgan fingerprint density at radius 2 is 1.92 bits per heavy atom. The van der Waals surface area contributed by atoms with Crippen molar-refractivity contribution in [2.75, 3.05) is 12.5 Å². The Morgan fingerprint density at radius 1 is 1.33 bits per heavy atom. The number of alkyl halides is 1. The molecule has 1 atom stereocenters. The van der Waals surface area contributed by atoms with Crippen molar-refractivity contribution in [1.82, 2.24) is 0 Å². The quantitative estimate of drug-likeness (QED) is 0.489. The molecule has 5 heteroatoms. The van der Waals surface area contributed by atoms with Gasteiger partial charge in [-0.2, -0.15) is 0 Å². The molecule has 0 N–H and O–H groups in total. The van der Waals surface area contributed by atoms with Crippen LogP contribution in [0.3, 0.4) is 0 Å². The topological polar surface area (TPSA) is 52.6 Å². The molecule has 70 valence electrons. The van der Waals surface area contributed by atoms with E-state index in [-0.39, 0.29) is 12.5 Å². The highest BCUT2D eigenvalue weighted by atomic mass is 35.5. The minimum atomic E-state index is -0.548. The van der Waals surface area contributed by atoms with E-state index in [2.05, 4.69) is 4.74 Å². The van der Waals surface area contributed by atoms with Crippen molar-refractivity contribution in [3.63, 3.8) is 0 Å². The van der Waals surface area contributed by atoms with Crippen LogP contribution >= 0.6 is 11.6 Å². The van der Waals surface area contributed by atoms with Crippen LogP contribution < -0.4 is 0 Å². The van der Waals surface area contributed by atoms with Gasteiger partial charge in [0.15, 0.2) is 0 Å². The monoisotopic (exact) mass is 194 g/mol. The summed E-state index contributed by atoms with van der Waals surface area (Å²) in [6.07, 6.45) is -0.548. The third-order valence-electron chi connectivity index (χ3n) is 0.977. The number of esters is 2. The lowest BCUT2D eigenvalue weighted by Gasteiger charge is -2.12. The number of halogens is 1. The number of carbonyl (C=O) groups excluding carboxylic acids is 2. The molecule has 0 fully saturated rings. The fraction of sp³-hybridized carbons (Fsp3) is 0.714. The van der Waals surface area contributed by atoms with Gasteiger partial charge in [0.05, 0.1) is 5.88 Å². The summed E-state index contributed by atoms with van der Waals surface area (Å²) in [4.78, 5) is 20.8. The summed E-state index contributed by atoms with van der Waals surface area (Å²) in [5, 5.41) is 0. The Kier molecular flexibility index (Phi) is 5.45. The molecule has 0 aromatic rings. The zero-order valence-corrected chi connectivity index (χ0v) is 7.76. The maximum absolute atomic E-state index is 10.4. The van der Waals surface area contributed by atoms with E-state index in [9.17, 15) is 9.59 Å². The maximum Gasteiger partial charge on any atom is 0.303 e. The SMILES string of the molecule is CC(=O)OC[C@@H](CCl)OC(C)=O. The third-order valence-corrected chi connectivity index (χ3v) is 1.32. The molecule has 0 bridgehead atoms. The molecule has 0 amide bonds. The van der Waals surface area contributed by atoms with Crippen LogP contribution in [0.25, 0.3) is 0 Å².